The van der Waals surface area contributed by atoms with Gasteiger partial charge in [-0.25, -0.2) is 13.6 Å². The van der Waals surface area contributed by atoms with Gasteiger partial charge in [0.15, 0.2) is 0 Å². The molecule has 2 rings (SSSR count). The summed E-state index contributed by atoms with van der Waals surface area (Å²) in [4.78, 5) is 13.4. The fourth-order valence-electron chi connectivity index (χ4n) is 2.37. The molecule has 0 saturated heterocycles. The number of aryl methyl sites for hydroxylation is 1. The van der Waals surface area contributed by atoms with Crippen molar-refractivity contribution in [1.82, 2.24) is 5.32 Å². The molecule has 1 unspecified atom stereocenters. The molecule has 0 aliphatic heterocycles. The lowest BCUT2D eigenvalue weighted by molar-refractivity contribution is -0.122. The number of sulfonamides is 1. The van der Waals surface area contributed by atoms with Crippen molar-refractivity contribution in [3.05, 3.63) is 21.9 Å². The molecule has 1 heterocycles. The minimum absolute atomic E-state index is 0.00577. The van der Waals surface area contributed by atoms with Crippen LogP contribution in [0.25, 0.3) is 0 Å². The molecular formula is C12H18N2O3S2. The van der Waals surface area contributed by atoms with E-state index in [0.29, 0.717) is 13.0 Å². The first-order chi connectivity index (χ1) is 8.97. The maximum Gasteiger partial charge on any atom is 0.227 e. The Kier molecular flexibility index (Phi) is 4.59. The predicted molar refractivity (Wildman–Crippen MR) is 75.6 cm³/mol. The van der Waals surface area contributed by atoms with Crippen molar-refractivity contribution >= 4 is 27.3 Å². The van der Waals surface area contributed by atoms with Gasteiger partial charge in [-0.15, -0.1) is 11.3 Å². The van der Waals surface area contributed by atoms with Gasteiger partial charge in [0, 0.05) is 11.4 Å². The monoisotopic (exact) mass is 302 g/mol. The molecular weight excluding hydrogens is 284 g/mol. The number of carbonyl (C=O) groups excluding carboxylic acids is 1. The number of amides is 1. The maximum atomic E-state index is 12.1. The zero-order chi connectivity index (χ0) is 13.9. The van der Waals surface area contributed by atoms with Crippen molar-refractivity contribution in [2.24, 2.45) is 5.14 Å². The molecule has 19 heavy (non-hydrogen) atoms. The number of primary sulfonamides is 1. The number of thiophene rings is 1. The smallest absolute Gasteiger partial charge is 0.227 e. The zero-order valence-electron chi connectivity index (χ0n) is 10.6. The van der Waals surface area contributed by atoms with Gasteiger partial charge in [-0.1, -0.05) is 0 Å². The molecule has 0 aromatic carbocycles. The molecule has 1 aromatic rings. The first-order valence-corrected chi connectivity index (χ1v) is 8.91. The summed E-state index contributed by atoms with van der Waals surface area (Å²) >= 11 is 1.70. The summed E-state index contributed by atoms with van der Waals surface area (Å²) in [6, 6.07) is 2.02. The molecule has 0 radical (unpaired) electrons. The van der Waals surface area contributed by atoms with Gasteiger partial charge in [0.2, 0.25) is 15.9 Å². The molecule has 0 saturated carbocycles. The number of hydrogen-bond donors (Lipinski definition) is 2. The fraction of sp³-hybridized carbons (Fsp3) is 0.583. The van der Waals surface area contributed by atoms with Crippen molar-refractivity contribution in [2.75, 3.05) is 12.3 Å². The van der Waals surface area contributed by atoms with Gasteiger partial charge in [0.25, 0.3) is 0 Å². The number of rotatable bonds is 5. The molecule has 5 nitrogen and oxygen atoms in total. The summed E-state index contributed by atoms with van der Waals surface area (Å²) in [6.07, 6.45) is 3.31. The van der Waals surface area contributed by atoms with Gasteiger partial charge in [-0.3, -0.25) is 4.79 Å². The van der Waals surface area contributed by atoms with Gasteiger partial charge in [-0.2, -0.15) is 0 Å². The average molecular weight is 302 g/mol. The van der Waals surface area contributed by atoms with E-state index in [1.165, 1.54) is 4.88 Å². The van der Waals surface area contributed by atoms with E-state index in [-0.39, 0.29) is 17.6 Å². The zero-order valence-corrected chi connectivity index (χ0v) is 12.2. The number of carbonyl (C=O) groups is 1. The lowest BCUT2D eigenvalue weighted by Gasteiger charge is -2.21. The van der Waals surface area contributed by atoms with Crippen LogP contribution in [0.2, 0.25) is 0 Å². The Morgan fingerprint density at radius 3 is 3.05 bits per heavy atom. The number of fused-ring (bicyclic) bond motifs is 1. The van der Waals surface area contributed by atoms with Crippen LogP contribution in [0.3, 0.4) is 0 Å². The third-order valence-corrected chi connectivity index (χ3v) is 5.13. The summed E-state index contributed by atoms with van der Waals surface area (Å²) in [5.74, 6) is -0.181. The van der Waals surface area contributed by atoms with Gasteiger partial charge in [-0.05, 0) is 42.7 Å². The van der Waals surface area contributed by atoms with Crippen molar-refractivity contribution < 1.29 is 13.2 Å². The molecule has 1 aliphatic rings. The lowest BCUT2D eigenvalue weighted by atomic mass is 9.87. The summed E-state index contributed by atoms with van der Waals surface area (Å²) in [6.45, 7) is 0.352. The molecule has 0 bridgehead atoms. The van der Waals surface area contributed by atoms with Crippen LogP contribution in [0.1, 0.15) is 35.6 Å². The van der Waals surface area contributed by atoms with Crippen LogP contribution in [-0.2, 0) is 21.2 Å². The van der Waals surface area contributed by atoms with Gasteiger partial charge < -0.3 is 5.32 Å². The second-order valence-electron chi connectivity index (χ2n) is 4.76. The second kappa shape index (κ2) is 6.02. The third-order valence-electron chi connectivity index (χ3n) is 3.27. The summed E-state index contributed by atoms with van der Waals surface area (Å²) in [5, 5.41) is 9.73. The lowest BCUT2D eigenvalue weighted by Crippen LogP contribution is -2.32. The molecule has 1 atom stereocenters. The van der Waals surface area contributed by atoms with Crippen LogP contribution in [0.4, 0.5) is 0 Å². The number of nitrogens with one attached hydrogen (secondary N) is 1. The van der Waals surface area contributed by atoms with Crippen LogP contribution < -0.4 is 10.5 Å². The standard InChI is InChI=1S/C12H18N2O3S2/c13-19(16,17)8-2-6-14-12(15)10-3-1-4-11-9(10)5-7-18-11/h5,7,10H,1-4,6,8H2,(H,14,15)(H2,13,16,17). The van der Waals surface area contributed by atoms with Gasteiger partial charge in [0.1, 0.15) is 0 Å². The Morgan fingerprint density at radius 2 is 2.32 bits per heavy atom. The predicted octanol–water partition coefficient (Wildman–Crippen LogP) is 0.963. The first kappa shape index (κ1) is 14.5. The topological polar surface area (TPSA) is 89.3 Å². The SMILES string of the molecule is NS(=O)(=O)CCCNC(=O)C1CCCc2sccc21. The number of nitrogens with two attached hydrogens (primary N) is 1. The molecule has 3 N–H and O–H groups in total. The third kappa shape index (κ3) is 4.02. The van der Waals surface area contributed by atoms with Crippen molar-refractivity contribution in [1.29, 1.82) is 0 Å². The molecule has 1 aliphatic carbocycles. The fourth-order valence-corrected chi connectivity index (χ4v) is 3.90. The number of hydrogen-bond acceptors (Lipinski definition) is 4. The molecule has 0 fully saturated rings. The van der Waals surface area contributed by atoms with Crippen molar-refractivity contribution in [2.45, 2.75) is 31.6 Å². The molecule has 1 aromatic heterocycles. The van der Waals surface area contributed by atoms with Crippen LogP contribution >= 0.6 is 11.3 Å². The Hall–Kier alpha value is -0.920. The Labute approximate surface area is 117 Å². The minimum atomic E-state index is -3.44. The van der Waals surface area contributed by atoms with Crippen LogP contribution in [-0.4, -0.2) is 26.6 Å². The summed E-state index contributed by atoms with van der Waals surface area (Å²) in [5.41, 5.74) is 1.14. The van der Waals surface area contributed by atoms with Gasteiger partial charge in [0.05, 0.1) is 11.7 Å². The normalized spacial score (nSPS) is 18.9. The molecule has 0 spiro atoms. The highest BCUT2D eigenvalue weighted by molar-refractivity contribution is 7.89. The maximum absolute atomic E-state index is 12.1. The van der Waals surface area contributed by atoms with E-state index >= 15 is 0 Å². The van der Waals surface area contributed by atoms with Crippen molar-refractivity contribution in [3.8, 4) is 0 Å². The van der Waals surface area contributed by atoms with E-state index in [0.717, 1.165) is 24.8 Å². The van der Waals surface area contributed by atoms with Crippen LogP contribution in [0.15, 0.2) is 11.4 Å². The highest BCUT2D eigenvalue weighted by atomic mass is 32.2. The van der Waals surface area contributed by atoms with Crippen LogP contribution in [0, 0.1) is 0 Å². The van der Waals surface area contributed by atoms with Crippen LogP contribution in [0.5, 0.6) is 0 Å². The quantitative estimate of drug-likeness (QED) is 0.794. The van der Waals surface area contributed by atoms with E-state index < -0.39 is 10.0 Å². The highest BCUT2D eigenvalue weighted by Gasteiger charge is 2.26. The van der Waals surface area contributed by atoms with E-state index in [1.807, 2.05) is 11.4 Å². The Bertz CT molecular complexity index is 551. The minimum Gasteiger partial charge on any atom is -0.356 e. The highest BCUT2D eigenvalue weighted by Crippen LogP contribution is 2.34. The van der Waals surface area contributed by atoms with Crippen molar-refractivity contribution in [3.63, 3.8) is 0 Å². The first-order valence-electron chi connectivity index (χ1n) is 6.32. The Morgan fingerprint density at radius 1 is 1.53 bits per heavy atom. The second-order valence-corrected chi connectivity index (χ2v) is 7.49. The van der Waals surface area contributed by atoms with Gasteiger partial charge >= 0.3 is 0 Å². The molecule has 1 amide bonds. The largest absolute Gasteiger partial charge is 0.356 e. The molecule has 106 valence electrons. The van der Waals surface area contributed by atoms with E-state index in [2.05, 4.69) is 5.32 Å². The summed E-state index contributed by atoms with van der Waals surface area (Å²) < 4.78 is 21.5. The van der Waals surface area contributed by atoms with E-state index in [9.17, 15) is 13.2 Å². The van der Waals surface area contributed by atoms with E-state index in [1.54, 1.807) is 11.3 Å². The Balaban J connectivity index is 1.85. The molecule has 7 heteroatoms. The summed E-state index contributed by atoms with van der Waals surface area (Å²) in [7, 11) is -3.44. The average Bonchev–Trinajstić information content (AvgIpc) is 2.81. The van der Waals surface area contributed by atoms with E-state index in [4.69, 9.17) is 5.14 Å².